The van der Waals surface area contributed by atoms with Crippen LogP contribution in [0.25, 0.3) is 10.8 Å². The first-order chi connectivity index (χ1) is 12.6. The Kier molecular flexibility index (Phi) is 4.82. The molecule has 142 valence electrons. The van der Waals surface area contributed by atoms with Crippen molar-refractivity contribution in [3.05, 3.63) is 53.5 Å². The summed E-state index contributed by atoms with van der Waals surface area (Å²) in [7, 11) is 1.82. The molecule has 6 nitrogen and oxygen atoms in total. The molecule has 7 heteroatoms. The molecule has 0 saturated heterocycles. The van der Waals surface area contributed by atoms with Gasteiger partial charge in [0.25, 0.3) is 0 Å². The first-order valence-electron chi connectivity index (χ1n) is 8.85. The van der Waals surface area contributed by atoms with Gasteiger partial charge in [-0.1, -0.05) is 0 Å². The number of alkyl halides is 1. The summed E-state index contributed by atoms with van der Waals surface area (Å²) < 4.78 is 14.1. The lowest BCUT2D eigenvalue weighted by Gasteiger charge is -2.22. The van der Waals surface area contributed by atoms with E-state index in [2.05, 4.69) is 25.3 Å². The topological polar surface area (TPSA) is 89.6 Å². The van der Waals surface area contributed by atoms with Crippen molar-refractivity contribution in [2.75, 3.05) is 12.4 Å². The van der Waals surface area contributed by atoms with Crippen molar-refractivity contribution in [3.63, 3.8) is 0 Å². The lowest BCUT2D eigenvalue weighted by atomic mass is 9.92. The molecule has 0 aliphatic heterocycles. The van der Waals surface area contributed by atoms with Crippen LogP contribution in [0.1, 0.15) is 50.5 Å². The molecule has 0 bridgehead atoms. The number of anilines is 1. The second-order valence-corrected chi connectivity index (χ2v) is 7.73. The molecule has 3 aromatic rings. The van der Waals surface area contributed by atoms with Crippen LogP contribution in [0.3, 0.4) is 0 Å². The molecule has 0 aliphatic rings. The molecule has 27 heavy (non-hydrogen) atoms. The summed E-state index contributed by atoms with van der Waals surface area (Å²) in [5, 5.41) is 4.99. The lowest BCUT2D eigenvalue weighted by Crippen LogP contribution is -2.29. The number of fused-ring (bicyclic) bond motifs is 1. The summed E-state index contributed by atoms with van der Waals surface area (Å²) in [5.41, 5.74) is 6.69. The monoisotopic (exact) mass is 368 g/mol. The first-order valence-corrected chi connectivity index (χ1v) is 8.85. The number of hydrogen-bond acceptors (Lipinski definition) is 6. The number of nitrogens with zero attached hydrogens (tertiary/aromatic N) is 4. The van der Waals surface area contributed by atoms with Crippen molar-refractivity contribution >= 4 is 16.6 Å². The third-order valence-corrected chi connectivity index (χ3v) is 4.37. The van der Waals surface area contributed by atoms with Crippen LogP contribution in [0.4, 0.5) is 10.2 Å². The van der Waals surface area contributed by atoms with E-state index in [0.29, 0.717) is 12.1 Å². The molecule has 0 radical (unpaired) electrons. The zero-order valence-electron chi connectivity index (χ0n) is 16.3. The van der Waals surface area contributed by atoms with Crippen molar-refractivity contribution in [1.82, 2.24) is 19.9 Å². The second-order valence-electron chi connectivity index (χ2n) is 7.73. The van der Waals surface area contributed by atoms with Crippen molar-refractivity contribution < 1.29 is 4.39 Å². The molecule has 3 heterocycles. The van der Waals surface area contributed by atoms with Crippen LogP contribution in [0.5, 0.6) is 0 Å². The number of nitrogens with one attached hydrogen (secondary N) is 1. The Hall–Kier alpha value is -2.67. The molecule has 0 unspecified atom stereocenters. The lowest BCUT2D eigenvalue weighted by molar-refractivity contribution is 0.206. The minimum Gasteiger partial charge on any atom is -0.373 e. The van der Waals surface area contributed by atoms with Crippen LogP contribution in [0.15, 0.2) is 30.7 Å². The zero-order valence-corrected chi connectivity index (χ0v) is 16.3. The standard InChI is InChI=1S/C20H25FN6/c1-19(2,21)18-24-7-6-12(27-18)8-13-9-14-15(10-25-13)17(23-5)26-11-16(14)20(3,4)22/h6-7,9-11H,8,22H2,1-5H3,(H,23,26). The Balaban J connectivity index is 2.06. The fraction of sp³-hybridized carbons (Fsp3) is 0.400. The van der Waals surface area contributed by atoms with Gasteiger partial charge in [0.2, 0.25) is 0 Å². The van der Waals surface area contributed by atoms with Gasteiger partial charge in [-0.3, -0.25) is 4.98 Å². The average molecular weight is 368 g/mol. The third kappa shape index (κ3) is 4.03. The van der Waals surface area contributed by atoms with Gasteiger partial charge in [-0.2, -0.15) is 0 Å². The van der Waals surface area contributed by atoms with E-state index < -0.39 is 11.2 Å². The maximum Gasteiger partial charge on any atom is 0.165 e. The molecule has 3 rings (SSSR count). The predicted octanol–water partition coefficient (Wildman–Crippen LogP) is 3.45. The van der Waals surface area contributed by atoms with Gasteiger partial charge >= 0.3 is 0 Å². The Morgan fingerprint density at radius 1 is 1.04 bits per heavy atom. The van der Waals surface area contributed by atoms with E-state index in [4.69, 9.17) is 5.73 Å². The van der Waals surface area contributed by atoms with Gasteiger partial charge in [-0.25, -0.2) is 19.3 Å². The summed E-state index contributed by atoms with van der Waals surface area (Å²) in [6, 6.07) is 3.78. The molecule has 0 aromatic carbocycles. The highest BCUT2D eigenvalue weighted by atomic mass is 19.1. The van der Waals surface area contributed by atoms with E-state index in [9.17, 15) is 4.39 Å². The maximum atomic E-state index is 14.1. The van der Waals surface area contributed by atoms with Gasteiger partial charge in [0.15, 0.2) is 11.5 Å². The number of hydrogen-bond donors (Lipinski definition) is 2. The number of pyridine rings is 2. The van der Waals surface area contributed by atoms with Gasteiger partial charge in [0.1, 0.15) is 5.82 Å². The minimum atomic E-state index is -1.59. The van der Waals surface area contributed by atoms with Gasteiger partial charge in [0, 0.05) is 48.7 Å². The van der Waals surface area contributed by atoms with E-state index in [1.807, 2.05) is 27.0 Å². The van der Waals surface area contributed by atoms with Crippen LogP contribution in [-0.2, 0) is 17.6 Å². The molecule has 3 aromatic heterocycles. The summed E-state index contributed by atoms with van der Waals surface area (Å²) in [4.78, 5) is 17.4. The van der Waals surface area contributed by atoms with E-state index in [0.717, 1.165) is 27.8 Å². The highest BCUT2D eigenvalue weighted by Gasteiger charge is 2.23. The number of rotatable bonds is 5. The fourth-order valence-corrected chi connectivity index (χ4v) is 2.95. The van der Waals surface area contributed by atoms with Crippen molar-refractivity contribution in [1.29, 1.82) is 0 Å². The second kappa shape index (κ2) is 6.81. The molecular formula is C20H25FN6. The third-order valence-electron chi connectivity index (χ3n) is 4.37. The summed E-state index contributed by atoms with van der Waals surface area (Å²) >= 11 is 0. The molecule has 0 spiro atoms. The molecular weight excluding hydrogens is 343 g/mol. The Morgan fingerprint density at radius 2 is 1.78 bits per heavy atom. The molecule has 0 aliphatic carbocycles. The fourth-order valence-electron chi connectivity index (χ4n) is 2.95. The highest BCUT2D eigenvalue weighted by molar-refractivity contribution is 5.94. The largest absolute Gasteiger partial charge is 0.373 e. The van der Waals surface area contributed by atoms with Gasteiger partial charge in [-0.15, -0.1) is 0 Å². The Morgan fingerprint density at radius 3 is 2.41 bits per heavy atom. The summed E-state index contributed by atoms with van der Waals surface area (Å²) in [6.45, 7) is 6.79. The molecule has 0 atom stereocenters. The summed E-state index contributed by atoms with van der Waals surface area (Å²) in [6.07, 6.45) is 5.65. The van der Waals surface area contributed by atoms with Gasteiger partial charge in [-0.05, 0) is 50.8 Å². The molecule has 0 fully saturated rings. The van der Waals surface area contributed by atoms with Crippen LogP contribution < -0.4 is 11.1 Å². The smallest absolute Gasteiger partial charge is 0.165 e. The molecule has 0 saturated carbocycles. The Labute approximate surface area is 158 Å². The van der Waals surface area contributed by atoms with Crippen LogP contribution in [0, 0.1) is 0 Å². The van der Waals surface area contributed by atoms with Crippen molar-refractivity contribution in [2.45, 2.75) is 45.3 Å². The van der Waals surface area contributed by atoms with Crippen molar-refractivity contribution in [3.8, 4) is 0 Å². The summed E-state index contributed by atoms with van der Waals surface area (Å²) in [5.74, 6) is 0.923. The van der Waals surface area contributed by atoms with Crippen LogP contribution >= 0.6 is 0 Å². The van der Waals surface area contributed by atoms with Gasteiger partial charge in [0.05, 0.1) is 5.69 Å². The number of halogens is 1. The van der Waals surface area contributed by atoms with Crippen LogP contribution in [-0.4, -0.2) is 27.0 Å². The highest BCUT2D eigenvalue weighted by Crippen LogP contribution is 2.30. The van der Waals surface area contributed by atoms with E-state index in [-0.39, 0.29) is 5.82 Å². The van der Waals surface area contributed by atoms with Crippen LogP contribution in [0.2, 0.25) is 0 Å². The predicted molar refractivity (Wildman–Crippen MR) is 105 cm³/mol. The molecule has 0 amide bonds. The average Bonchev–Trinajstić information content (AvgIpc) is 2.59. The quantitative estimate of drug-likeness (QED) is 0.717. The molecule has 3 N–H and O–H groups in total. The van der Waals surface area contributed by atoms with Crippen molar-refractivity contribution in [2.24, 2.45) is 5.73 Å². The number of nitrogens with two attached hydrogens (primary N) is 1. The Bertz CT molecular complexity index is 972. The van der Waals surface area contributed by atoms with E-state index >= 15 is 0 Å². The first kappa shape index (κ1) is 19.1. The minimum absolute atomic E-state index is 0.172. The maximum absolute atomic E-state index is 14.1. The van der Waals surface area contributed by atoms with Gasteiger partial charge < -0.3 is 11.1 Å². The van der Waals surface area contributed by atoms with E-state index in [1.165, 1.54) is 13.8 Å². The van der Waals surface area contributed by atoms with E-state index in [1.54, 1.807) is 24.7 Å². The number of aromatic nitrogens is 4. The zero-order chi connectivity index (χ0) is 19.8. The SMILES string of the molecule is CNc1ncc(C(C)(C)N)c2cc(Cc3ccnc(C(C)(C)F)n3)ncc12. The normalized spacial score (nSPS) is 12.4.